The van der Waals surface area contributed by atoms with E-state index in [9.17, 15) is 28.4 Å². The zero-order valence-corrected chi connectivity index (χ0v) is 20.8. The van der Waals surface area contributed by atoms with Crippen LogP contribution in [0.3, 0.4) is 0 Å². The van der Waals surface area contributed by atoms with Gasteiger partial charge in [0.2, 0.25) is 21.8 Å². The van der Waals surface area contributed by atoms with Gasteiger partial charge in [-0.05, 0) is 42.5 Å². The van der Waals surface area contributed by atoms with E-state index in [0.29, 0.717) is 54.3 Å². The molecule has 2 aromatic rings. The lowest BCUT2D eigenvalue weighted by Gasteiger charge is -2.33. The molecule has 0 unspecified atom stereocenters. The number of hydrogen-bond donors (Lipinski definition) is 2. The second-order valence-corrected chi connectivity index (χ2v) is 10.2. The summed E-state index contributed by atoms with van der Waals surface area (Å²) in [4.78, 5) is 30.5. The number of carbonyl (C=O) groups excluding carboxylic acids is 1. The number of carbonyl (C=O) groups is 2. The van der Waals surface area contributed by atoms with Crippen LogP contribution in [0, 0.1) is 17.2 Å². The van der Waals surface area contributed by atoms with Gasteiger partial charge in [0, 0.05) is 24.0 Å². The van der Waals surface area contributed by atoms with E-state index in [0.717, 1.165) is 0 Å². The molecule has 186 valence electrons. The quantitative estimate of drug-likeness (QED) is 0.535. The maximum atomic E-state index is 12.7. The zero-order chi connectivity index (χ0) is 25.8. The minimum Gasteiger partial charge on any atom is -0.480 e. The van der Waals surface area contributed by atoms with E-state index in [1.165, 1.54) is 7.11 Å². The van der Waals surface area contributed by atoms with Gasteiger partial charge in [0.05, 0.1) is 18.4 Å². The Balaban J connectivity index is 1.72. The SMILES string of the molecule is CCc1c(C#N)c(N2CCC(C(=O)NS(=O)(=O)Cc3ccc(Cl)cc3)CC2)nc(OC)c1C(=O)O. The van der Waals surface area contributed by atoms with Crippen LogP contribution < -0.4 is 14.4 Å². The number of piperidine rings is 1. The Kier molecular flexibility index (Phi) is 8.19. The first-order valence-electron chi connectivity index (χ1n) is 10.9. The van der Waals surface area contributed by atoms with E-state index >= 15 is 0 Å². The predicted molar refractivity (Wildman–Crippen MR) is 129 cm³/mol. The minimum absolute atomic E-state index is 0.0866. The van der Waals surface area contributed by atoms with Crippen molar-refractivity contribution in [1.29, 1.82) is 5.26 Å². The van der Waals surface area contributed by atoms with Crippen LogP contribution in [0.15, 0.2) is 24.3 Å². The van der Waals surface area contributed by atoms with E-state index in [4.69, 9.17) is 16.3 Å². The molecule has 0 spiro atoms. The van der Waals surface area contributed by atoms with Crippen molar-refractivity contribution in [1.82, 2.24) is 9.71 Å². The number of nitrogens with one attached hydrogen (secondary N) is 1. The van der Waals surface area contributed by atoms with Crippen LogP contribution in [0.25, 0.3) is 0 Å². The monoisotopic (exact) mass is 520 g/mol. The van der Waals surface area contributed by atoms with Gasteiger partial charge < -0.3 is 14.7 Å². The molecule has 12 heteroatoms. The fraction of sp³-hybridized carbons (Fsp3) is 0.391. The number of hydrogen-bond acceptors (Lipinski definition) is 8. The molecule has 3 rings (SSSR count). The van der Waals surface area contributed by atoms with E-state index in [-0.39, 0.29) is 22.8 Å². The molecule has 0 bridgehead atoms. The normalized spacial score (nSPS) is 14.3. The summed E-state index contributed by atoms with van der Waals surface area (Å²) < 4.78 is 32.2. The molecule has 1 aromatic carbocycles. The van der Waals surface area contributed by atoms with Crippen molar-refractivity contribution in [2.45, 2.75) is 31.9 Å². The van der Waals surface area contributed by atoms with Crippen LogP contribution in [0.4, 0.5) is 5.82 Å². The highest BCUT2D eigenvalue weighted by atomic mass is 35.5. The number of aromatic carboxylic acids is 1. The van der Waals surface area contributed by atoms with Gasteiger partial charge in [-0.25, -0.2) is 13.2 Å². The molecule has 2 heterocycles. The molecule has 35 heavy (non-hydrogen) atoms. The molecule has 1 saturated heterocycles. The molecule has 1 aliphatic rings. The first-order valence-corrected chi connectivity index (χ1v) is 12.9. The van der Waals surface area contributed by atoms with Gasteiger partial charge in [-0.15, -0.1) is 0 Å². The van der Waals surface area contributed by atoms with Crippen LogP contribution in [-0.4, -0.2) is 50.6 Å². The van der Waals surface area contributed by atoms with Gasteiger partial charge in [0.25, 0.3) is 0 Å². The number of ether oxygens (including phenoxy) is 1. The third kappa shape index (κ3) is 6.01. The first kappa shape index (κ1) is 26.2. The van der Waals surface area contributed by atoms with Gasteiger partial charge in [-0.2, -0.15) is 10.2 Å². The summed E-state index contributed by atoms with van der Waals surface area (Å²) >= 11 is 5.82. The molecular formula is C23H25ClN4O6S. The van der Waals surface area contributed by atoms with E-state index in [2.05, 4.69) is 15.8 Å². The Bertz CT molecular complexity index is 1270. The molecule has 0 aliphatic carbocycles. The molecule has 10 nitrogen and oxygen atoms in total. The number of nitrogens with zero attached hydrogens (tertiary/aromatic N) is 3. The summed E-state index contributed by atoms with van der Waals surface area (Å²) in [5.41, 5.74) is 0.842. The van der Waals surface area contributed by atoms with E-state index in [1.807, 2.05) is 0 Å². The molecule has 0 saturated carbocycles. The lowest BCUT2D eigenvalue weighted by Crippen LogP contribution is -2.43. The van der Waals surface area contributed by atoms with Crippen molar-refractivity contribution in [2.75, 3.05) is 25.1 Å². The van der Waals surface area contributed by atoms with E-state index < -0.39 is 27.8 Å². The average Bonchev–Trinajstić information content (AvgIpc) is 2.83. The molecule has 0 radical (unpaired) electrons. The average molecular weight is 521 g/mol. The molecule has 1 amide bonds. The Morgan fingerprint density at radius 2 is 1.91 bits per heavy atom. The number of benzene rings is 1. The van der Waals surface area contributed by atoms with E-state index in [1.54, 1.807) is 36.1 Å². The molecule has 1 aliphatic heterocycles. The number of nitriles is 1. The second-order valence-electron chi connectivity index (χ2n) is 8.06. The topological polar surface area (TPSA) is 150 Å². The number of methoxy groups -OCH3 is 1. The standard InChI is InChI=1S/C23H25ClN4O6S/c1-3-17-18(12-25)20(26-22(34-2)19(17)23(30)31)28-10-8-15(9-11-28)21(29)27-35(32,33)13-14-4-6-16(24)7-5-14/h4-7,15H,3,8-11,13H2,1-2H3,(H,27,29)(H,30,31). The number of amides is 1. The first-order chi connectivity index (χ1) is 16.6. The fourth-order valence-corrected chi connectivity index (χ4v) is 5.39. The highest BCUT2D eigenvalue weighted by Crippen LogP contribution is 2.33. The Morgan fingerprint density at radius 1 is 1.29 bits per heavy atom. The van der Waals surface area contributed by atoms with Crippen LogP contribution in [0.2, 0.25) is 5.02 Å². The van der Waals surface area contributed by atoms with Gasteiger partial charge in [0.15, 0.2) is 5.82 Å². The molecule has 0 atom stereocenters. The number of pyridine rings is 1. The van der Waals surface area contributed by atoms with Crippen molar-refractivity contribution in [3.05, 3.63) is 51.5 Å². The summed E-state index contributed by atoms with van der Waals surface area (Å²) in [6, 6.07) is 8.38. The van der Waals surface area contributed by atoms with Crippen LogP contribution in [0.1, 0.15) is 46.8 Å². The van der Waals surface area contributed by atoms with Crippen molar-refractivity contribution in [2.24, 2.45) is 5.92 Å². The third-order valence-electron chi connectivity index (χ3n) is 5.81. The van der Waals surface area contributed by atoms with Gasteiger partial charge in [-0.3, -0.25) is 9.52 Å². The number of carboxylic acid groups (broad SMARTS) is 1. The minimum atomic E-state index is -3.89. The number of anilines is 1. The van der Waals surface area contributed by atoms with Crippen LogP contribution in [-0.2, 0) is 27.0 Å². The predicted octanol–water partition coefficient (Wildman–Crippen LogP) is 2.74. The zero-order valence-electron chi connectivity index (χ0n) is 19.2. The molecule has 1 fully saturated rings. The Hall–Kier alpha value is -3.36. The second kappa shape index (κ2) is 10.9. The van der Waals surface area contributed by atoms with Crippen molar-refractivity contribution in [3.63, 3.8) is 0 Å². The highest BCUT2D eigenvalue weighted by molar-refractivity contribution is 7.89. The largest absolute Gasteiger partial charge is 0.480 e. The number of halogens is 1. The number of rotatable bonds is 8. The lowest BCUT2D eigenvalue weighted by atomic mass is 9.95. The van der Waals surface area contributed by atoms with Crippen molar-refractivity contribution in [3.8, 4) is 11.9 Å². The van der Waals surface area contributed by atoms with Crippen molar-refractivity contribution < 1.29 is 27.9 Å². The Morgan fingerprint density at radius 3 is 2.43 bits per heavy atom. The summed E-state index contributed by atoms with van der Waals surface area (Å²) in [6.45, 7) is 2.40. The third-order valence-corrected chi connectivity index (χ3v) is 7.29. The number of sulfonamides is 1. The number of carboxylic acids is 1. The van der Waals surface area contributed by atoms with Gasteiger partial charge in [-0.1, -0.05) is 30.7 Å². The Labute approximate surface area is 208 Å². The summed E-state index contributed by atoms with van der Waals surface area (Å²) in [7, 11) is -2.58. The summed E-state index contributed by atoms with van der Waals surface area (Å²) in [5.74, 6) is -2.50. The van der Waals surface area contributed by atoms with Gasteiger partial charge in [0.1, 0.15) is 11.6 Å². The number of aromatic nitrogens is 1. The fourth-order valence-electron chi connectivity index (χ4n) is 4.09. The molecule has 1 aromatic heterocycles. The summed E-state index contributed by atoms with van der Waals surface area (Å²) in [5, 5.41) is 19.8. The molecule has 2 N–H and O–H groups in total. The van der Waals surface area contributed by atoms with Crippen LogP contribution >= 0.6 is 11.6 Å². The molecular weight excluding hydrogens is 496 g/mol. The maximum Gasteiger partial charge on any atom is 0.341 e. The van der Waals surface area contributed by atoms with Gasteiger partial charge >= 0.3 is 5.97 Å². The van der Waals surface area contributed by atoms with Crippen LogP contribution in [0.5, 0.6) is 5.88 Å². The summed E-state index contributed by atoms with van der Waals surface area (Å²) in [6.07, 6.45) is 0.958. The lowest BCUT2D eigenvalue weighted by molar-refractivity contribution is -0.123. The highest BCUT2D eigenvalue weighted by Gasteiger charge is 2.32. The van der Waals surface area contributed by atoms with Crippen molar-refractivity contribution >= 4 is 39.3 Å². The smallest absolute Gasteiger partial charge is 0.341 e. The maximum absolute atomic E-state index is 12.7.